The molecule has 132 valence electrons. The highest BCUT2D eigenvalue weighted by Gasteiger charge is 2.14. The molecule has 0 amide bonds. The minimum Gasteiger partial charge on any atom is -0.493 e. The first-order valence-corrected chi connectivity index (χ1v) is 8.57. The number of halogens is 2. The fourth-order valence-electron chi connectivity index (χ4n) is 1.97. The minimum absolute atomic E-state index is 0.0979. The Morgan fingerprint density at radius 2 is 1.68 bits per heavy atom. The highest BCUT2D eigenvalue weighted by molar-refractivity contribution is 9.10. The fourth-order valence-corrected chi connectivity index (χ4v) is 2.42. The molecule has 0 aliphatic heterocycles. The first-order valence-electron chi connectivity index (χ1n) is 7.40. The van der Waals surface area contributed by atoms with Crippen LogP contribution in [0, 0.1) is 6.92 Å². The van der Waals surface area contributed by atoms with E-state index in [1.54, 1.807) is 36.4 Å². The van der Waals surface area contributed by atoms with Crippen LogP contribution in [-0.2, 0) is 9.59 Å². The van der Waals surface area contributed by atoms with Gasteiger partial charge < -0.3 is 14.2 Å². The first-order chi connectivity index (χ1) is 11.9. The zero-order valence-corrected chi connectivity index (χ0v) is 16.0. The van der Waals surface area contributed by atoms with E-state index in [0.717, 1.165) is 10.0 Å². The summed E-state index contributed by atoms with van der Waals surface area (Å²) in [6.07, 6.45) is -0.204. The Labute approximate surface area is 159 Å². The van der Waals surface area contributed by atoms with Crippen molar-refractivity contribution >= 4 is 39.5 Å². The Bertz CT molecular complexity index is 791. The van der Waals surface area contributed by atoms with Gasteiger partial charge >= 0.3 is 11.9 Å². The molecule has 0 spiro atoms. The van der Waals surface area contributed by atoms with Crippen molar-refractivity contribution in [1.29, 1.82) is 0 Å². The topological polar surface area (TPSA) is 61.8 Å². The van der Waals surface area contributed by atoms with Gasteiger partial charge in [-0.3, -0.25) is 9.59 Å². The highest BCUT2D eigenvalue weighted by Crippen LogP contribution is 2.30. The van der Waals surface area contributed by atoms with Crippen LogP contribution in [0.2, 0.25) is 5.02 Å². The number of carbonyl (C=O) groups is 2. The summed E-state index contributed by atoms with van der Waals surface area (Å²) in [6, 6.07) is 9.91. The lowest BCUT2D eigenvalue weighted by Gasteiger charge is -2.09. The van der Waals surface area contributed by atoms with Crippen molar-refractivity contribution in [3.05, 3.63) is 51.5 Å². The predicted molar refractivity (Wildman–Crippen MR) is 97.4 cm³/mol. The van der Waals surface area contributed by atoms with Gasteiger partial charge in [-0.15, -0.1) is 0 Å². The Balaban J connectivity index is 1.87. The van der Waals surface area contributed by atoms with Crippen LogP contribution in [0.1, 0.15) is 18.4 Å². The number of carbonyl (C=O) groups excluding carboxylic acids is 2. The predicted octanol–water partition coefficient (Wildman–Crippen LogP) is 4.71. The van der Waals surface area contributed by atoms with E-state index in [4.69, 9.17) is 25.8 Å². The SMILES string of the molecule is COc1cc(Br)ccc1OC(=O)CCC(=O)Oc1ccc(Cl)c(C)c1. The Kier molecular flexibility index (Phi) is 6.84. The van der Waals surface area contributed by atoms with Crippen molar-refractivity contribution in [3.8, 4) is 17.2 Å². The molecule has 0 saturated carbocycles. The van der Waals surface area contributed by atoms with E-state index >= 15 is 0 Å². The van der Waals surface area contributed by atoms with Crippen LogP contribution in [0.4, 0.5) is 0 Å². The van der Waals surface area contributed by atoms with Crippen LogP contribution in [0.25, 0.3) is 0 Å². The number of benzene rings is 2. The average Bonchev–Trinajstić information content (AvgIpc) is 2.58. The van der Waals surface area contributed by atoms with Gasteiger partial charge in [-0.05, 0) is 48.9 Å². The number of hydrogen-bond acceptors (Lipinski definition) is 5. The molecule has 2 rings (SSSR count). The van der Waals surface area contributed by atoms with Gasteiger partial charge in [0.15, 0.2) is 11.5 Å². The van der Waals surface area contributed by atoms with E-state index in [1.165, 1.54) is 7.11 Å². The van der Waals surface area contributed by atoms with Crippen LogP contribution >= 0.6 is 27.5 Å². The molecule has 7 heteroatoms. The molecular formula is C18H16BrClO5. The summed E-state index contributed by atoms with van der Waals surface area (Å²) in [5, 5.41) is 0.590. The zero-order valence-electron chi connectivity index (χ0n) is 13.7. The maximum atomic E-state index is 11.9. The van der Waals surface area contributed by atoms with Gasteiger partial charge in [0.1, 0.15) is 5.75 Å². The largest absolute Gasteiger partial charge is 0.493 e. The summed E-state index contributed by atoms with van der Waals surface area (Å²) < 4.78 is 16.3. The van der Waals surface area contributed by atoms with Gasteiger partial charge in [-0.1, -0.05) is 27.5 Å². The normalized spacial score (nSPS) is 10.2. The third-order valence-corrected chi connectivity index (χ3v) is 4.16. The lowest BCUT2D eigenvalue weighted by molar-refractivity contribution is -0.140. The first kappa shape index (κ1) is 19.3. The van der Waals surface area contributed by atoms with Gasteiger partial charge in [0.2, 0.25) is 0 Å². The van der Waals surface area contributed by atoms with Crippen molar-refractivity contribution < 1.29 is 23.8 Å². The minimum atomic E-state index is -0.551. The second-order valence-electron chi connectivity index (χ2n) is 5.15. The molecule has 0 fully saturated rings. The van der Waals surface area contributed by atoms with Crippen LogP contribution in [0.5, 0.6) is 17.2 Å². The van der Waals surface area contributed by atoms with Gasteiger partial charge in [-0.25, -0.2) is 0 Å². The molecule has 0 heterocycles. The average molecular weight is 428 g/mol. The molecule has 2 aromatic carbocycles. The molecule has 0 aliphatic carbocycles. The van der Waals surface area contributed by atoms with Crippen molar-refractivity contribution in [2.75, 3.05) is 7.11 Å². The fraction of sp³-hybridized carbons (Fsp3) is 0.222. The number of rotatable bonds is 6. The summed E-state index contributed by atoms with van der Waals surface area (Å²) in [5.74, 6) is 0.0143. The molecule has 0 bridgehead atoms. The van der Waals surface area contributed by atoms with Crippen LogP contribution < -0.4 is 14.2 Å². The molecule has 5 nitrogen and oxygen atoms in total. The molecule has 2 aromatic rings. The molecule has 0 aliphatic rings. The van der Waals surface area contributed by atoms with E-state index in [9.17, 15) is 9.59 Å². The third-order valence-electron chi connectivity index (χ3n) is 3.24. The maximum absolute atomic E-state index is 11.9. The quantitative estimate of drug-likeness (QED) is 0.493. The zero-order chi connectivity index (χ0) is 18.4. The second-order valence-corrected chi connectivity index (χ2v) is 6.48. The summed E-state index contributed by atoms with van der Waals surface area (Å²) in [7, 11) is 1.48. The Hall–Kier alpha value is -2.05. The number of hydrogen-bond donors (Lipinski definition) is 0. The lowest BCUT2D eigenvalue weighted by Crippen LogP contribution is -2.14. The van der Waals surface area contributed by atoms with E-state index in [1.807, 2.05) is 6.92 Å². The van der Waals surface area contributed by atoms with Crippen molar-refractivity contribution in [2.24, 2.45) is 0 Å². The summed E-state index contributed by atoms with van der Waals surface area (Å²) >= 11 is 9.22. The molecule has 0 N–H and O–H groups in total. The van der Waals surface area contributed by atoms with Crippen molar-refractivity contribution in [3.63, 3.8) is 0 Å². The van der Waals surface area contributed by atoms with Crippen molar-refractivity contribution in [1.82, 2.24) is 0 Å². The molecule has 0 aromatic heterocycles. The van der Waals surface area contributed by atoms with Gasteiger partial charge in [0, 0.05) is 9.50 Å². The monoisotopic (exact) mass is 426 g/mol. The van der Waals surface area contributed by atoms with Crippen LogP contribution in [0.3, 0.4) is 0 Å². The van der Waals surface area contributed by atoms with E-state index in [2.05, 4.69) is 15.9 Å². The Morgan fingerprint density at radius 3 is 2.32 bits per heavy atom. The van der Waals surface area contributed by atoms with Gasteiger partial charge in [-0.2, -0.15) is 0 Å². The molecule has 0 atom stereocenters. The van der Waals surface area contributed by atoms with Crippen molar-refractivity contribution in [2.45, 2.75) is 19.8 Å². The number of esters is 2. The summed E-state index contributed by atoms with van der Waals surface area (Å²) in [4.78, 5) is 23.7. The molecule has 0 saturated heterocycles. The Morgan fingerprint density at radius 1 is 1.00 bits per heavy atom. The molecule has 0 unspecified atom stereocenters. The van der Waals surface area contributed by atoms with Gasteiger partial charge in [0.05, 0.1) is 20.0 Å². The lowest BCUT2D eigenvalue weighted by atomic mass is 10.2. The maximum Gasteiger partial charge on any atom is 0.311 e. The number of methoxy groups -OCH3 is 1. The summed E-state index contributed by atoms with van der Waals surface area (Å²) in [6.45, 7) is 1.81. The number of ether oxygens (including phenoxy) is 3. The second kappa shape index (κ2) is 8.87. The molecule has 25 heavy (non-hydrogen) atoms. The van der Waals surface area contributed by atoms with E-state index in [-0.39, 0.29) is 18.6 Å². The van der Waals surface area contributed by atoms with Crippen LogP contribution in [0.15, 0.2) is 40.9 Å². The summed E-state index contributed by atoms with van der Waals surface area (Å²) in [5.41, 5.74) is 0.800. The van der Waals surface area contributed by atoms with Crippen LogP contribution in [-0.4, -0.2) is 19.0 Å². The molecule has 0 radical (unpaired) electrons. The van der Waals surface area contributed by atoms with Gasteiger partial charge in [0.25, 0.3) is 0 Å². The highest BCUT2D eigenvalue weighted by atomic mass is 79.9. The third kappa shape index (κ3) is 5.76. The van der Waals surface area contributed by atoms with E-state index in [0.29, 0.717) is 16.5 Å². The smallest absolute Gasteiger partial charge is 0.311 e. The standard InChI is InChI=1S/C18H16BrClO5/c1-11-9-13(4-5-14(11)20)24-17(21)7-8-18(22)25-15-6-3-12(19)10-16(15)23-2/h3-6,9-10H,7-8H2,1-2H3. The molecular weight excluding hydrogens is 412 g/mol. The van der Waals surface area contributed by atoms with E-state index < -0.39 is 11.9 Å². The number of aryl methyl sites for hydroxylation is 1.